The fourth-order valence-corrected chi connectivity index (χ4v) is 4.53. The second kappa shape index (κ2) is 12.3. The van der Waals surface area contributed by atoms with Crippen molar-refractivity contribution < 1.29 is 9.84 Å². The van der Waals surface area contributed by atoms with Crippen molar-refractivity contribution in [2.45, 2.75) is 52.4 Å². The van der Waals surface area contributed by atoms with E-state index in [1.165, 1.54) is 0 Å². The van der Waals surface area contributed by atoms with Gasteiger partial charge in [-0.3, -0.25) is 14.8 Å². The van der Waals surface area contributed by atoms with Gasteiger partial charge in [0.1, 0.15) is 11.3 Å². The smallest absolute Gasteiger partial charge is 0.335 e. The average molecular weight is 503 g/mol. The van der Waals surface area contributed by atoms with Crippen LogP contribution < -0.4 is 16.0 Å². The Labute approximate surface area is 215 Å². The molecule has 8 nitrogen and oxygen atoms in total. The number of para-hydroxylation sites is 1. The van der Waals surface area contributed by atoms with Crippen LogP contribution in [0.2, 0.25) is 0 Å². The Hall–Kier alpha value is -4.07. The van der Waals surface area contributed by atoms with E-state index in [0.717, 1.165) is 46.7 Å². The molecule has 2 heterocycles. The summed E-state index contributed by atoms with van der Waals surface area (Å²) >= 11 is 0. The van der Waals surface area contributed by atoms with E-state index < -0.39 is 17.1 Å². The molecule has 0 unspecified atom stereocenters. The van der Waals surface area contributed by atoms with Crippen molar-refractivity contribution in [1.82, 2.24) is 14.5 Å². The zero-order valence-electron chi connectivity index (χ0n) is 21.4. The third kappa shape index (κ3) is 6.02. The minimum absolute atomic E-state index is 0.0453. The zero-order chi connectivity index (χ0) is 26.2. The first-order chi connectivity index (χ1) is 18.0. The van der Waals surface area contributed by atoms with Crippen molar-refractivity contribution in [2.75, 3.05) is 13.2 Å². The molecule has 0 saturated carbocycles. The molecule has 0 radical (unpaired) electrons. The maximum Gasteiger partial charge on any atom is 0.335 e. The molecular formula is C29H34N4O4. The van der Waals surface area contributed by atoms with E-state index in [1.807, 2.05) is 31.3 Å². The molecule has 0 spiro atoms. The van der Waals surface area contributed by atoms with Crippen LogP contribution in [-0.2, 0) is 6.42 Å². The normalized spacial score (nSPS) is 11.8. The van der Waals surface area contributed by atoms with Crippen molar-refractivity contribution in [2.24, 2.45) is 4.99 Å². The second-order valence-corrected chi connectivity index (χ2v) is 8.97. The molecule has 3 N–H and O–H groups in total. The lowest BCUT2D eigenvalue weighted by atomic mass is 10.0. The fraction of sp³-hybridized carbons (Fsp3) is 0.345. The van der Waals surface area contributed by atoms with Crippen molar-refractivity contribution >= 4 is 16.6 Å². The molecular weight excluding hydrogens is 468 g/mol. The van der Waals surface area contributed by atoms with Gasteiger partial charge < -0.3 is 14.8 Å². The van der Waals surface area contributed by atoms with Crippen LogP contribution in [0.5, 0.6) is 11.6 Å². The lowest BCUT2D eigenvalue weighted by Gasteiger charge is -2.14. The summed E-state index contributed by atoms with van der Waals surface area (Å²) in [6.07, 6.45) is 7.19. The highest BCUT2D eigenvalue weighted by Gasteiger charge is 2.20. The molecule has 0 fully saturated rings. The minimum Gasteiger partial charge on any atom is -0.494 e. The molecule has 0 atom stereocenters. The fourth-order valence-electron chi connectivity index (χ4n) is 4.53. The van der Waals surface area contributed by atoms with E-state index in [4.69, 9.17) is 9.73 Å². The molecule has 4 aromatic rings. The maximum absolute atomic E-state index is 12.9. The number of aromatic nitrogens is 3. The van der Waals surface area contributed by atoms with Gasteiger partial charge >= 0.3 is 5.69 Å². The van der Waals surface area contributed by atoms with Gasteiger partial charge in [-0.05, 0) is 62.1 Å². The molecule has 8 heteroatoms. The van der Waals surface area contributed by atoms with Crippen LogP contribution in [0, 0.1) is 0 Å². The van der Waals surface area contributed by atoms with Gasteiger partial charge in [0, 0.05) is 23.6 Å². The Morgan fingerprint density at radius 1 is 1.03 bits per heavy atom. The highest BCUT2D eigenvalue weighted by molar-refractivity contribution is 6.02. The van der Waals surface area contributed by atoms with Crippen LogP contribution in [-0.4, -0.2) is 38.5 Å². The molecule has 0 aliphatic rings. The van der Waals surface area contributed by atoms with Gasteiger partial charge in [-0.25, -0.2) is 9.36 Å². The number of aliphatic imine (C=N–C) groups is 1. The number of nitrogens with one attached hydrogen (secondary N) is 2. The summed E-state index contributed by atoms with van der Waals surface area (Å²) in [5.41, 5.74) is 1.84. The molecule has 0 aliphatic heterocycles. The quantitative estimate of drug-likeness (QED) is 0.184. The molecule has 2 aromatic heterocycles. The predicted octanol–water partition coefficient (Wildman–Crippen LogP) is 5.11. The summed E-state index contributed by atoms with van der Waals surface area (Å²) in [6, 6.07) is 14.9. The van der Waals surface area contributed by atoms with Crippen LogP contribution in [0.3, 0.4) is 0 Å². The first kappa shape index (κ1) is 26.0. The number of ether oxygens (including phenoxy) is 1. The summed E-state index contributed by atoms with van der Waals surface area (Å²) in [6.45, 7) is 4.99. The van der Waals surface area contributed by atoms with Gasteiger partial charge in [0.2, 0.25) is 5.88 Å². The summed E-state index contributed by atoms with van der Waals surface area (Å²) in [5.74, 6) is 0.248. The Kier molecular flexibility index (Phi) is 8.61. The number of hydrogen-bond acceptors (Lipinski definition) is 5. The Balaban J connectivity index is 1.68. The first-order valence-electron chi connectivity index (χ1n) is 12.9. The number of benzene rings is 2. The lowest BCUT2D eigenvalue weighted by molar-refractivity contribution is 0.340. The number of rotatable bonds is 12. The molecule has 0 saturated heterocycles. The van der Waals surface area contributed by atoms with Crippen LogP contribution in [0.15, 0.2) is 69.3 Å². The zero-order valence-corrected chi connectivity index (χ0v) is 21.4. The summed E-state index contributed by atoms with van der Waals surface area (Å²) in [5, 5.41) is 12.3. The number of hydrogen-bond donors (Lipinski definition) is 3. The first-order valence-corrected chi connectivity index (χ1v) is 12.9. The standard InChI is InChI=1S/C29H34N4O4/c1-3-5-6-7-12-25(30-18-17-20-19-31-24-11-9-8-10-23(20)24)26-27(34)32-29(36)33(28(26)35)21-13-15-22(16-14-21)37-4-2/h8-11,13-16,19,31,35H,3-7,12,17-18H2,1-2H3,(H,32,34,36). The number of H-pyrrole nitrogens is 2. The third-order valence-corrected chi connectivity index (χ3v) is 6.41. The largest absolute Gasteiger partial charge is 0.494 e. The van der Waals surface area contributed by atoms with Gasteiger partial charge in [-0.1, -0.05) is 44.4 Å². The highest BCUT2D eigenvalue weighted by atomic mass is 16.5. The summed E-state index contributed by atoms with van der Waals surface area (Å²) in [7, 11) is 0. The molecule has 37 heavy (non-hydrogen) atoms. The van der Waals surface area contributed by atoms with E-state index in [2.05, 4.69) is 23.0 Å². The SMILES string of the molecule is CCCCCCC(=NCCc1c[nH]c2ccccc12)c1c(O)n(-c2ccc(OCC)cc2)c(=O)[nH]c1=O. The third-order valence-electron chi connectivity index (χ3n) is 6.41. The summed E-state index contributed by atoms with van der Waals surface area (Å²) in [4.78, 5) is 36.1. The lowest BCUT2D eigenvalue weighted by Crippen LogP contribution is -2.33. The molecule has 4 rings (SSSR count). The Morgan fingerprint density at radius 3 is 2.57 bits per heavy atom. The van der Waals surface area contributed by atoms with Crippen molar-refractivity contribution in [3.05, 3.63) is 86.7 Å². The van der Waals surface area contributed by atoms with Gasteiger partial charge in [-0.15, -0.1) is 0 Å². The minimum atomic E-state index is -0.709. The van der Waals surface area contributed by atoms with Crippen LogP contribution in [0.4, 0.5) is 0 Å². The van der Waals surface area contributed by atoms with E-state index in [-0.39, 0.29) is 5.56 Å². The van der Waals surface area contributed by atoms with Gasteiger partial charge in [0.25, 0.3) is 5.56 Å². The number of fused-ring (bicyclic) bond motifs is 1. The number of unbranched alkanes of at least 4 members (excludes halogenated alkanes) is 3. The number of aromatic amines is 2. The maximum atomic E-state index is 12.9. The Morgan fingerprint density at radius 2 is 1.81 bits per heavy atom. The van der Waals surface area contributed by atoms with Crippen molar-refractivity contribution in [3.8, 4) is 17.3 Å². The van der Waals surface area contributed by atoms with Gasteiger partial charge in [-0.2, -0.15) is 0 Å². The topological polar surface area (TPSA) is 112 Å². The van der Waals surface area contributed by atoms with E-state index >= 15 is 0 Å². The molecule has 0 amide bonds. The predicted molar refractivity (Wildman–Crippen MR) is 148 cm³/mol. The van der Waals surface area contributed by atoms with Gasteiger partial charge in [0.15, 0.2) is 0 Å². The molecule has 194 valence electrons. The number of aromatic hydroxyl groups is 1. The summed E-state index contributed by atoms with van der Waals surface area (Å²) < 4.78 is 6.58. The van der Waals surface area contributed by atoms with Crippen LogP contribution in [0.25, 0.3) is 16.6 Å². The van der Waals surface area contributed by atoms with E-state index in [1.54, 1.807) is 24.3 Å². The molecule has 0 bridgehead atoms. The molecule has 2 aromatic carbocycles. The van der Waals surface area contributed by atoms with Crippen LogP contribution in [0.1, 0.15) is 57.1 Å². The second-order valence-electron chi connectivity index (χ2n) is 8.97. The highest BCUT2D eigenvalue weighted by Crippen LogP contribution is 2.22. The van der Waals surface area contributed by atoms with E-state index in [0.29, 0.717) is 43.1 Å². The van der Waals surface area contributed by atoms with Gasteiger partial charge in [0.05, 0.1) is 18.0 Å². The van der Waals surface area contributed by atoms with Crippen molar-refractivity contribution in [1.29, 1.82) is 0 Å². The average Bonchev–Trinajstić information content (AvgIpc) is 3.30. The van der Waals surface area contributed by atoms with Crippen LogP contribution >= 0.6 is 0 Å². The molecule has 0 aliphatic carbocycles. The number of nitrogens with zero attached hydrogens (tertiary/aromatic N) is 2. The Bertz CT molecular complexity index is 1480. The monoisotopic (exact) mass is 502 g/mol. The van der Waals surface area contributed by atoms with Crippen molar-refractivity contribution in [3.63, 3.8) is 0 Å². The van der Waals surface area contributed by atoms with E-state index in [9.17, 15) is 14.7 Å².